The van der Waals surface area contributed by atoms with Gasteiger partial charge in [0.05, 0.1) is 0 Å². The number of allylic oxidation sites excluding steroid dienone is 2. The second-order valence-electron chi connectivity index (χ2n) is 18.0. The van der Waals surface area contributed by atoms with Crippen molar-refractivity contribution in [2.75, 3.05) is 26.2 Å². The summed E-state index contributed by atoms with van der Waals surface area (Å²) in [6, 6.07) is 0. The molecular weight excluding hydrogens is 797 g/mol. The molecule has 0 radical (unpaired) electrons. The molecule has 0 aromatic carbocycles. The number of thiocarbonyl (C=S) groups is 2. The minimum Gasteiger partial charge on any atom is -0.372 e. The lowest BCUT2D eigenvalue weighted by atomic mass is 9.99. The molecule has 0 spiro atoms. The maximum absolute atomic E-state index is 14.1. The number of nitrogens with zero attached hydrogens (tertiary/aromatic N) is 4. The molecule has 2 heterocycles. The van der Waals surface area contributed by atoms with Gasteiger partial charge < -0.3 is 10.0 Å². The van der Waals surface area contributed by atoms with Crippen molar-refractivity contribution in [2.24, 2.45) is 5.92 Å². The molecule has 0 aromatic heterocycles. The zero-order valence-corrected chi connectivity index (χ0v) is 41.3. The Hall–Kier alpha value is -2.17. The Kier molecular flexibility index (Phi) is 31.7. The Bertz CT molecular complexity index is 1260. The number of carbonyl (C=O) groups is 3. The van der Waals surface area contributed by atoms with E-state index < -0.39 is 12.1 Å². The van der Waals surface area contributed by atoms with Gasteiger partial charge in [-0.25, -0.2) is 0 Å². The molecule has 2 fully saturated rings. The van der Waals surface area contributed by atoms with Crippen LogP contribution in [-0.2, 0) is 14.4 Å². The smallest absolute Gasteiger partial charge is 0.265 e. The number of hydrogen-bond acceptors (Lipinski definition) is 6. The fraction of sp³-hybridized carbons (Fsp3) is 0.824. The lowest BCUT2D eigenvalue weighted by molar-refractivity contribution is -0.142. The van der Waals surface area contributed by atoms with Crippen molar-refractivity contribution >= 4 is 52.4 Å². The second-order valence-corrected chi connectivity index (χ2v) is 18.7. The van der Waals surface area contributed by atoms with E-state index in [1.165, 1.54) is 128 Å². The first-order valence-corrected chi connectivity index (χ1v) is 26.4. The van der Waals surface area contributed by atoms with E-state index in [-0.39, 0.29) is 23.3 Å². The molecule has 8 nitrogen and oxygen atoms in total. The molecule has 2 rings (SSSR count). The molecule has 2 aliphatic rings. The van der Waals surface area contributed by atoms with Gasteiger partial charge in [-0.15, -0.1) is 0 Å². The zero-order chi connectivity index (χ0) is 44.5. The Morgan fingerprint density at radius 3 is 1.11 bits per heavy atom. The van der Waals surface area contributed by atoms with Crippen molar-refractivity contribution in [3.63, 3.8) is 0 Å². The molecule has 350 valence electrons. The van der Waals surface area contributed by atoms with Gasteiger partial charge in [0.1, 0.15) is 17.7 Å². The molecule has 3 amide bonds. The van der Waals surface area contributed by atoms with E-state index in [9.17, 15) is 19.5 Å². The number of unbranched alkanes of at least 4 members (excludes halogenated alkanes) is 28. The van der Waals surface area contributed by atoms with Gasteiger partial charge in [-0.2, -0.15) is 0 Å². The van der Waals surface area contributed by atoms with Gasteiger partial charge in [-0.05, 0) is 56.2 Å². The summed E-state index contributed by atoms with van der Waals surface area (Å²) in [6.45, 7) is 11.0. The first kappa shape index (κ1) is 55.0. The van der Waals surface area contributed by atoms with Gasteiger partial charge in [0.2, 0.25) is 5.91 Å². The minimum atomic E-state index is -1.11. The van der Waals surface area contributed by atoms with E-state index in [0.29, 0.717) is 36.4 Å². The molecule has 2 unspecified atom stereocenters. The summed E-state index contributed by atoms with van der Waals surface area (Å²) in [5.74, 6) is -1.85. The topological polar surface area (TPSA) is 84.4 Å². The third kappa shape index (κ3) is 21.4. The lowest BCUT2D eigenvalue weighted by Gasteiger charge is -2.44. The molecule has 1 N–H and O–H groups in total. The first-order valence-electron chi connectivity index (χ1n) is 25.6. The number of hydrogen-bond donors (Lipinski definition) is 1. The monoisotopic (exact) mass is 887 g/mol. The van der Waals surface area contributed by atoms with Crippen molar-refractivity contribution < 1.29 is 19.5 Å². The summed E-state index contributed by atoms with van der Waals surface area (Å²) in [6.07, 6.45) is 40.7. The van der Waals surface area contributed by atoms with Gasteiger partial charge in [0, 0.05) is 26.2 Å². The largest absolute Gasteiger partial charge is 0.372 e. The third-order valence-corrected chi connectivity index (χ3v) is 13.5. The summed E-state index contributed by atoms with van der Waals surface area (Å²) >= 11 is 11.8. The van der Waals surface area contributed by atoms with Crippen LogP contribution in [-0.4, -0.2) is 85.1 Å². The van der Waals surface area contributed by atoms with E-state index in [1.54, 1.807) is 32.9 Å². The highest BCUT2D eigenvalue weighted by Gasteiger charge is 2.42. The molecule has 2 aliphatic heterocycles. The lowest BCUT2D eigenvalue weighted by Crippen LogP contribution is -2.61. The van der Waals surface area contributed by atoms with Crippen LogP contribution in [0.5, 0.6) is 0 Å². The predicted molar refractivity (Wildman–Crippen MR) is 264 cm³/mol. The molecule has 0 aliphatic carbocycles. The van der Waals surface area contributed by atoms with Crippen LogP contribution >= 0.6 is 24.4 Å². The highest BCUT2D eigenvalue weighted by Crippen LogP contribution is 2.26. The molecular formula is C51H90N4O4S2. The maximum Gasteiger partial charge on any atom is 0.265 e. The molecule has 0 aromatic rings. The molecule has 0 bridgehead atoms. The number of rotatable bonds is 38. The van der Waals surface area contributed by atoms with Crippen LogP contribution in [0.2, 0.25) is 0 Å². The zero-order valence-electron chi connectivity index (χ0n) is 39.6. The summed E-state index contributed by atoms with van der Waals surface area (Å²) in [5.41, 5.74) is 0.0591. The van der Waals surface area contributed by atoms with E-state index in [4.69, 9.17) is 24.4 Å². The first-order chi connectivity index (χ1) is 29.7. The normalized spacial score (nSPS) is 17.6. The molecule has 10 heteroatoms. The number of aliphatic hydroxyl groups is 1. The van der Waals surface area contributed by atoms with Gasteiger partial charge in [0.15, 0.2) is 10.2 Å². The highest BCUT2D eigenvalue weighted by atomic mass is 32.1. The molecule has 2 atom stereocenters. The third-order valence-electron chi connectivity index (χ3n) is 12.6. The van der Waals surface area contributed by atoms with Crippen LogP contribution in [0.1, 0.15) is 233 Å². The van der Waals surface area contributed by atoms with Crippen molar-refractivity contribution in [1.29, 1.82) is 0 Å². The van der Waals surface area contributed by atoms with Crippen molar-refractivity contribution in [1.82, 2.24) is 19.6 Å². The summed E-state index contributed by atoms with van der Waals surface area (Å²) in [5, 5.41) is 12.4. The van der Waals surface area contributed by atoms with Crippen molar-refractivity contribution in [2.45, 2.75) is 239 Å². The maximum atomic E-state index is 14.1. The SMILES string of the molecule is CCCCCCCCCCN1C(=O)C(=CC=CC2C(=O)N(CCCCCCCCCC)C(=S)N(CCCCCCCCCC)C2O)C(=O)N(CCCCCCCCCC)C1=S. The van der Waals surface area contributed by atoms with E-state index in [2.05, 4.69) is 27.7 Å². The Balaban J connectivity index is 2.22. The van der Waals surface area contributed by atoms with Crippen LogP contribution in [0, 0.1) is 5.92 Å². The van der Waals surface area contributed by atoms with E-state index in [0.717, 1.165) is 77.0 Å². The molecule has 2 saturated heterocycles. The second kappa shape index (κ2) is 35.2. The number of carbonyl (C=O) groups excluding carboxylic acids is 3. The van der Waals surface area contributed by atoms with Crippen LogP contribution in [0.3, 0.4) is 0 Å². The summed E-state index contributed by atoms with van der Waals surface area (Å²) < 4.78 is 0. The standard InChI is InChI=1S/C51H90N4O4S2/c1-5-9-13-17-21-25-29-33-40-52-46(56)44(47(57)53(50(52)60)41-34-30-26-22-18-14-10-6-2)38-37-39-45-48(58)54(42-35-31-27-23-19-15-11-7-3)51(61)55(49(45)59)43-36-32-28-24-20-16-12-8-4/h37-39,44,46,56H,5-36,40-43H2,1-4H3. The Morgan fingerprint density at radius 1 is 0.443 bits per heavy atom. The van der Waals surface area contributed by atoms with Gasteiger partial charge >= 0.3 is 0 Å². The number of aliphatic hydroxyl groups excluding tert-OH is 1. The van der Waals surface area contributed by atoms with Gasteiger partial charge in [0.25, 0.3) is 11.8 Å². The quantitative estimate of drug-likeness (QED) is 0.0286. The van der Waals surface area contributed by atoms with Crippen LogP contribution in [0.4, 0.5) is 0 Å². The number of amides is 3. The Labute approximate surface area is 385 Å². The van der Waals surface area contributed by atoms with Crippen LogP contribution in [0.15, 0.2) is 23.8 Å². The molecule has 61 heavy (non-hydrogen) atoms. The van der Waals surface area contributed by atoms with Crippen LogP contribution < -0.4 is 0 Å². The van der Waals surface area contributed by atoms with Crippen LogP contribution in [0.25, 0.3) is 0 Å². The fourth-order valence-corrected chi connectivity index (χ4v) is 9.35. The average molecular weight is 887 g/mol. The highest BCUT2D eigenvalue weighted by molar-refractivity contribution is 7.80. The van der Waals surface area contributed by atoms with Crippen molar-refractivity contribution in [3.05, 3.63) is 23.8 Å². The predicted octanol–water partition coefficient (Wildman–Crippen LogP) is 13.4. The molecule has 0 saturated carbocycles. The summed E-state index contributed by atoms with van der Waals surface area (Å²) in [7, 11) is 0. The fourth-order valence-electron chi connectivity index (χ4n) is 8.62. The average Bonchev–Trinajstić information content (AvgIpc) is 3.25. The van der Waals surface area contributed by atoms with Crippen molar-refractivity contribution in [3.8, 4) is 0 Å². The van der Waals surface area contributed by atoms with E-state index >= 15 is 0 Å². The summed E-state index contributed by atoms with van der Waals surface area (Å²) in [4.78, 5) is 48.9. The van der Waals surface area contributed by atoms with Gasteiger partial charge in [-0.3, -0.25) is 29.1 Å². The Morgan fingerprint density at radius 2 is 0.754 bits per heavy atom. The van der Waals surface area contributed by atoms with Gasteiger partial charge in [-0.1, -0.05) is 220 Å². The minimum absolute atomic E-state index is 0.0591. The van der Waals surface area contributed by atoms with E-state index in [1.807, 2.05) is 4.90 Å².